The fraction of sp³-hybridized carbons (Fsp3) is 0.533. The number of nitrogens with one attached hydrogen (secondary N) is 1. The van der Waals surface area contributed by atoms with Crippen molar-refractivity contribution in [2.24, 2.45) is 5.92 Å². The fourth-order valence-corrected chi connectivity index (χ4v) is 3.34. The second kappa shape index (κ2) is 5.34. The van der Waals surface area contributed by atoms with Crippen molar-refractivity contribution in [3.05, 3.63) is 34.6 Å². The molecule has 108 valence electrons. The van der Waals surface area contributed by atoms with Crippen molar-refractivity contribution >= 4 is 17.5 Å². The minimum absolute atomic E-state index is 0.0571. The topological polar surface area (TPSA) is 32.3 Å². The van der Waals surface area contributed by atoms with E-state index in [0.717, 1.165) is 19.6 Å². The van der Waals surface area contributed by atoms with Crippen molar-refractivity contribution < 1.29 is 9.18 Å². The van der Waals surface area contributed by atoms with Crippen LogP contribution in [0.25, 0.3) is 0 Å². The monoisotopic (exact) mass is 296 g/mol. The molecule has 20 heavy (non-hydrogen) atoms. The highest BCUT2D eigenvalue weighted by molar-refractivity contribution is 6.31. The number of nitrogens with zero attached hydrogens (tertiary/aromatic N) is 1. The third-order valence-corrected chi connectivity index (χ3v) is 4.59. The van der Waals surface area contributed by atoms with Crippen LogP contribution >= 0.6 is 11.6 Å². The van der Waals surface area contributed by atoms with Gasteiger partial charge in [0.05, 0.1) is 0 Å². The van der Waals surface area contributed by atoms with Gasteiger partial charge < -0.3 is 10.2 Å². The van der Waals surface area contributed by atoms with Crippen LogP contribution in [0.3, 0.4) is 0 Å². The summed E-state index contributed by atoms with van der Waals surface area (Å²) in [7, 11) is 0. The highest BCUT2D eigenvalue weighted by Gasteiger charge is 2.48. The largest absolute Gasteiger partial charge is 0.337 e. The molecule has 1 aliphatic heterocycles. The quantitative estimate of drug-likeness (QED) is 0.909. The van der Waals surface area contributed by atoms with Crippen molar-refractivity contribution in [3.63, 3.8) is 0 Å². The number of carbonyl (C=O) groups is 1. The zero-order chi connectivity index (χ0) is 14.3. The van der Waals surface area contributed by atoms with Gasteiger partial charge in [-0.2, -0.15) is 0 Å². The maximum absolute atomic E-state index is 13.9. The molecule has 0 bridgehead atoms. The average Bonchev–Trinajstić information content (AvgIpc) is 3.18. The molecule has 1 heterocycles. The van der Waals surface area contributed by atoms with Crippen LogP contribution in [0.4, 0.5) is 4.39 Å². The molecule has 0 radical (unpaired) electrons. The van der Waals surface area contributed by atoms with Crippen molar-refractivity contribution in [3.8, 4) is 0 Å². The number of amides is 1. The van der Waals surface area contributed by atoms with Gasteiger partial charge in [0.25, 0.3) is 0 Å². The average molecular weight is 297 g/mol. The van der Waals surface area contributed by atoms with Crippen LogP contribution < -0.4 is 5.32 Å². The van der Waals surface area contributed by atoms with Gasteiger partial charge in [-0.15, -0.1) is 0 Å². The van der Waals surface area contributed by atoms with Crippen LogP contribution in [0.15, 0.2) is 18.2 Å². The predicted molar refractivity (Wildman–Crippen MR) is 76.3 cm³/mol. The first-order chi connectivity index (χ1) is 9.59. The van der Waals surface area contributed by atoms with Gasteiger partial charge >= 0.3 is 0 Å². The van der Waals surface area contributed by atoms with E-state index >= 15 is 0 Å². The molecule has 1 saturated heterocycles. The molecule has 0 aromatic heterocycles. The molecule has 3 nitrogen and oxygen atoms in total. The lowest BCUT2D eigenvalue weighted by Gasteiger charge is -2.34. The molecule has 3 rings (SSSR count). The van der Waals surface area contributed by atoms with Crippen LogP contribution in [0.5, 0.6) is 0 Å². The standard InChI is InChI=1S/C15H18ClFN2O/c1-9-8-18-5-6-19(9)15(20)11-7-10(11)14-12(16)3-2-4-13(14)17/h2-4,9-11,18H,5-8H2,1H3. The van der Waals surface area contributed by atoms with Crippen LogP contribution in [-0.4, -0.2) is 36.5 Å². The van der Waals surface area contributed by atoms with Crippen molar-refractivity contribution in [1.29, 1.82) is 0 Å². The Labute approximate surface area is 123 Å². The SMILES string of the molecule is CC1CNCCN1C(=O)C1CC1c1c(F)cccc1Cl. The van der Waals surface area contributed by atoms with Crippen molar-refractivity contribution in [2.45, 2.75) is 25.3 Å². The minimum Gasteiger partial charge on any atom is -0.337 e. The van der Waals surface area contributed by atoms with Gasteiger partial charge in [0.2, 0.25) is 5.91 Å². The number of piperazine rings is 1. The summed E-state index contributed by atoms with van der Waals surface area (Å²) in [5, 5.41) is 3.69. The number of halogens is 2. The van der Waals surface area contributed by atoms with Crippen LogP contribution in [0, 0.1) is 11.7 Å². The molecule has 2 aliphatic rings. The Balaban J connectivity index is 1.74. The van der Waals surface area contributed by atoms with E-state index in [1.165, 1.54) is 6.07 Å². The summed E-state index contributed by atoms with van der Waals surface area (Å²) in [6, 6.07) is 4.90. The van der Waals surface area contributed by atoms with E-state index in [1.807, 2.05) is 11.8 Å². The van der Waals surface area contributed by atoms with Crippen LogP contribution in [-0.2, 0) is 4.79 Å². The van der Waals surface area contributed by atoms with E-state index in [0.29, 0.717) is 17.0 Å². The molecular formula is C15H18ClFN2O. The third-order valence-electron chi connectivity index (χ3n) is 4.26. The Bertz CT molecular complexity index is 516. The first-order valence-electron chi connectivity index (χ1n) is 7.04. The third kappa shape index (κ3) is 2.42. The maximum atomic E-state index is 13.9. The molecule has 5 heteroatoms. The normalized spacial score (nSPS) is 29.4. The van der Waals surface area contributed by atoms with Gasteiger partial charge in [0.15, 0.2) is 0 Å². The molecule has 1 aromatic rings. The lowest BCUT2D eigenvalue weighted by molar-refractivity contribution is -0.135. The molecule has 1 N–H and O–H groups in total. The van der Waals surface area contributed by atoms with Crippen LogP contribution in [0.2, 0.25) is 5.02 Å². The Morgan fingerprint density at radius 1 is 1.50 bits per heavy atom. The summed E-state index contributed by atoms with van der Waals surface area (Å²) in [5.74, 6) is -0.322. The molecule has 3 unspecified atom stereocenters. The maximum Gasteiger partial charge on any atom is 0.226 e. The van der Waals surface area contributed by atoms with Gasteiger partial charge in [-0.1, -0.05) is 17.7 Å². The van der Waals surface area contributed by atoms with Gasteiger partial charge in [-0.3, -0.25) is 4.79 Å². The summed E-state index contributed by atoms with van der Waals surface area (Å²) in [5.41, 5.74) is 0.510. The number of carbonyl (C=O) groups excluding carboxylic acids is 1. The molecule has 1 aromatic carbocycles. The minimum atomic E-state index is -0.300. The number of hydrogen-bond donors (Lipinski definition) is 1. The van der Waals surface area contributed by atoms with E-state index in [9.17, 15) is 9.18 Å². The number of hydrogen-bond acceptors (Lipinski definition) is 2. The Morgan fingerprint density at radius 3 is 3.00 bits per heavy atom. The summed E-state index contributed by atoms with van der Waals surface area (Å²) in [6.07, 6.45) is 0.704. The highest BCUT2D eigenvalue weighted by Crippen LogP contribution is 2.51. The Hall–Kier alpha value is -1.13. The molecule has 1 amide bonds. The van der Waals surface area contributed by atoms with Gasteiger partial charge in [-0.25, -0.2) is 4.39 Å². The predicted octanol–water partition coefficient (Wildman–Crippen LogP) is 2.40. The first-order valence-corrected chi connectivity index (χ1v) is 7.42. The van der Waals surface area contributed by atoms with Crippen molar-refractivity contribution in [2.75, 3.05) is 19.6 Å². The Kier molecular flexibility index (Phi) is 3.69. The van der Waals surface area contributed by atoms with Gasteiger partial charge in [0.1, 0.15) is 5.82 Å². The van der Waals surface area contributed by atoms with Gasteiger partial charge in [0, 0.05) is 48.1 Å². The fourth-order valence-electron chi connectivity index (χ4n) is 3.03. The van der Waals surface area contributed by atoms with E-state index in [-0.39, 0.29) is 29.6 Å². The molecule has 2 fully saturated rings. The molecule has 1 aliphatic carbocycles. The summed E-state index contributed by atoms with van der Waals surface area (Å²) in [6.45, 7) is 4.42. The zero-order valence-corrected chi connectivity index (χ0v) is 12.2. The lowest BCUT2D eigenvalue weighted by Crippen LogP contribution is -2.52. The molecule has 0 spiro atoms. The zero-order valence-electron chi connectivity index (χ0n) is 11.4. The lowest BCUT2D eigenvalue weighted by atomic mass is 10.1. The van der Waals surface area contributed by atoms with Crippen molar-refractivity contribution in [1.82, 2.24) is 10.2 Å². The Morgan fingerprint density at radius 2 is 2.30 bits per heavy atom. The summed E-state index contributed by atoms with van der Waals surface area (Å²) in [4.78, 5) is 14.4. The summed E-state index contributed by atoms with van der Waals surface area (Å²) >= 11 is 6.07. The molecule has 3 atom stereocenters. The second-order valence-corrected chi connectivity index (χ2v) is 6.08. The first kappa shape index (κ1) is 13.8. The van der Waals surface area contributed by atoms with Gasteiger partial charge in [-0.05, 0) is 25.5 Å². The highest BCUT2D eigenvalue weighted by atomic mass is 35.5. The molecule has 1 saturated carbocycles. The number of rotatable bonds is 2. The smallest absolute Gasteiger partial charge is 0.226 e. The van der Waals surface area contributed by atoms with Crippen LogP contribution in [0.1, 0.15) is 24.8 Å². The molecular weight excluding hydrogens is 279 g/mol. The van der Waals surface area contributed by atoms with E-state index in [2.05, 4.69) is 5.32 Å². The van der Waals surface area contributed by atoms with E-state index in [4.69, 9.17) is 11.6 Å². The van der Waals surface area contributed by atoms with E-state index < -0.39 is 0 Å². The number of benzene rings is 1. The van der Waals surface area contributed by atoms with E-state index in [1.54, 1.807) is 12.1 Å². The summed E-state index contributed by atoms with van der Waals surface area (Å²) < 4.78 is 13.9. The second-order valence-electron chi connectivity index (χ2n) is 5.67.